The first kappa shape index (κ1) is 23.0. The molecule has 1 heterocycles. The van der Waals surface area contributed by atoms with E-state index in [9.17, 15) is 5.11 Å². The smallest absolute Gasteiger partial charge is 0.192 e. The molecule has 1 aliphatic rings. The van der Waals surface area contributed by atoms with Gasteiger partial charge in [-0.15, -0.1) is 0 Å². The van der Waals surface area contributed by atoms with Crippen LogP contribution < -0.4 is 0 Å². The lowest BCUT2D eigenvalue weighted by Gasteiger charge is -2.37. The Morgan fingerprint density at radius 1 is 1.10 bits per heavy atom. The van der Waals surface area contributed by atoms with Crippen LogP contribution in [-0.2, 0) is 4.43 Å². The molecule has 0 unspecified atom stereocenters. The predicted molar refractivity (Wildman–Crippen MR) is 127 cm³/mol. The lowest BCUT2D eigenvalue weighted by molar-refractivity contribution is 0.0479. The fourth-order valence-corrected chi connectivity index (χ4v) is 7.77. The van der Waals surface area contributed by atoms with Gasteiger partial charge < -0.3 is 9.53 Å². The zero-order valence-corrected chi connectivity index (χ0v) is 20.4. The molecule has 0 radical (unpaired) electrons. The molecular formula is C25H38N2O2Si. The predicted octanol–water partition coefficient (Wildman–Crippen LogP) is 5.92. The molecule has 1 aliphatic carbocycles. The molecular weight excluding hydrogens is 388 g/mol. The molecule has 1 N–H and O–H groups in total. The molecule has 2 aromatic rings. The van der Waals surface area contributed by atoms with E-state index in [2.05, 4.69) is 75.7 Å². The summed E-state index contributed by atoms with van der Waals surface area (Å²) in [4.78, 5) is 0. The fraction of sp³-hybridized carbons (Fsp3) is 0.560. The number of benzene rings is 1. The molecule has 0 bridgehead atoms. The van der Waals surface area contributed by atoms with Crippen molar-refractivity contribution in [3.05, 3.63) is 59.4 Å². The summed E-state index contributed by atoms with van der Waals surface area (Å²) in [5.41, 5.74) is 4.46. The van der Waals surface area contributed by atoms with Crippen molar-refractivity contribution in [1.82, 2.24) is 9.78 Å². The molecule has 1 aromatic carbocycles. The minimum Gasteiger partial charge on any atom is -0.413 e. The summed E-state index contributed by atoms with van der Waals surface area (Å²) in [6, 6.07) is 15.9. The number of aliphatic hydroxyl groups excluding tert-OH is 1. The van der Waals surface area contributed by atoms with Crippen LogP contribution in [0.25, 0.3) is 5.57 Å². The van der Waals surface area contributed by atoms with Gasteiger partial charge in [-0.25, -0.2) is 0 Å². The number of aromatic nitrogens is 2. The van der Waals surface area contributed by atoms with Crippen LogP contribution in [0.5, 0.6) is 0 Å². The number of aryl methyl sites for hydroxylation is 2. The maximum atomic E-state index is 11.1. The summed E-state index contributed by atoms with van der Waals surface area (Å²) >= 11 is 0. The van der Waals surface area contributed by atoms with E-state index in [1.165, 1.54) is 0 Å². The van der Waals surface area contributed by atoms with Crippen LogP contribution in [0.4, 0.5) is 0 Å². The Hall–Kier alpha value is -1.69. The molecule has 164 valence electrons. The first-order valence-electron chi connectivity index (χ1n) is 11.5. The maximum Gasteiger partial charge on any atom is 0.192 e. The quantitative estimate of drug-likeness (QED) is 0.559. The number of hydrogen-bond donors (Lipinski definition) is 1. The number of nitrogens with zero attached hydrogens (tertiary/aromatic N) is 2. The molecule has 0 spiro atoms. The van der Waals surface area contributed by atoms with Crippen molar-refractivity contribution >= 4 is 13.9 Å². The molecule has 0 saturated heterocycles. The molecule has 1 aromatic heterocycles. The lowest BCUT2D eigenvalue weighted by atomic mass is 9.94. The second-order valence-electron chi connectivity index (χ2n) is 8.86. The van der Waals surface area contributed by atoms with E-state index in [0.717, 1.165) is 47.1 Å². The minimum atomic E-state index is -1.80. The Kier molecular flexibility index (Phi) is 7.37. The first-order chi connectivity index (χ1) is 14.3. The van der Waals surface area contributed by atoms with Crippen molar-refractivity contribution in [3.8, 4) is 0 Å². The van der Waals surface area contributed by atoms with Gasteiger partial charge in [-0.05, 0) is 61.7 Å². The number of aliphatic hydroxyl groups is 1. The Bertz CT molecular complexity index is 849. The summed E-state index contributed by atoms with van der Waals surface area (Å²) in [5, 5.41) is 16.0. The summed E-state index contributed by atoms with van der Waals surface area (Å²) in [7, 11) is -1.80. The van der Waals surface area contributed by atoms with Crippen LogP contribution in [-0.4, -0.2) is 35.4 Å². The van der Waals surface area contributed by atoms with E-state index in [-0.39, 0.29) is 18.1 Å². The Morgan fingerprint density at radius 3 is 2.27 bits per heavy atom. The Balaban J connectivity index is 2.07. The molecule has 0 aliphatic heterocycles. The van der Waals surface area contributed by atoms with Crippen molar-refractivity contribution < 1.29 is 9.53 Å². The highest BCUT2D eigenvalue weighted by Gasteiger charge is 2.40. The normalized spacial score (nSPS) is 25.1. The summed E-state index contributed by atoms with van der Waals surface area (Å²) in [6.45, 7) is 13.1. The van der Waals surface area contributed by atoms with E-state index < -0.39 is 14.4 Å². The van der Waals surface area contributed by atoms with Gasteiger partial charge in [-0.2, -0.15) is 5.10 Å². The number of rotatable bonds is 7. The molecule has 0 fully saturated rings. The Labute approximate surface area is 183 Å². The van der Waals surface area contributed by atoms with Crippen molar-refractivity contribution in [2.24, 2.45) is 5.92 Å². The van der Waals surface area contributed by atoms with Crippen LogP contribution in [0.15, 0.2) is 42.5 Å². The van der Waals surface area contributed by atoms with Crippen molar-refractivity contribution in [3.63, 3.8) is 0 Å². The van der Waals surface area contributed by atoms with Crippen LogP contribution in [0, 0.1) is 19.8 Å². The zero-order chi connectivity index (χ0) is 21.9. The lowest BCUT2D eigenvalue weighted by Crippen LogP contribution is -2.44. The molecule has 4 nitrogen and oxygen atoms in total. The third kappa shape index (κ3) is 4.63. The van der Waals surface area contributed by atoms with Crippen LogP contribution in [0.1, 0.15) is 57.1 Å². The average Bonchev–Trinajstić information content (AvgIpc) is 3.04. The van der Waals surface area contributed by atoms with Crippen molar-refractivity contribution in [2.45, 2.75) is 84.3 Å². The van der Waals surface area contributed by atoms with Crippen LogP contribution in [0.2, 0.25) is 18.1 Å². The molecule has 3 rings (SSSR count). The SMILES string of the molecule is CC[Si](CC)(CC)O[C@H]1C[C@H](n2nc(C)cc2C)C(c2ccccc2)=C[C@H](O)[C@@H]1C. The van der Waals surface area contributed by atoms with E-state index in [4.69, 9.17) is 9.52 Å². The van der Waals surface area contributed by atoms with Gasteiger partial charge in [0.15, 0.2) is 8.32 Å². The van der Waals surface area contributed by atoms with Crippen LogP contribution in [0.3, 0.4) is 0 Å². The maximum absolute atomic E-state index is 11.1. The van der Waals surface area contributed by atoms with Gasteiger partial charge in [0.1, 0.15) is 0 Å². The highest BCUT2D eigenvalue weighted by Crippen LogP contribution is 2.40. The van der Waals surface area contributed by atoms with Crippen molar-refractivity contribution in [1.29, 1.82) is 0 Å². The minimum absolute atomic E-state index is 0.0119. The fourth-order valence-electron chi connectivity index (χ4n) is 4.82. The second kappa shape index (κ2) is 9.63. The van der Waals surface area contributed by atoms with E-state index >= 15 is 0 Å². The molecule has 30 heavy (non-hydrogen) atoms. The number of allylic oxidation sites excluding steroid dienone is 1. The van der Waals surface area contributed by atoms with Gasteiger partial charge in [0.05, 0.1) is 23.9 Å². The summed E-state index contributed by atoms with van der Waals surface area (Å²) in [5.74, 6) is 0.0437. The monoisotopic (exact) mass is 426 g/mol. The van der Waals surface area contributed by atoms with Gasteiger partial charge in [-0.3, -0.25) is 4.68 Å². The van der Waals surface area contributed by atoms with Gasteiger partial charge in [0.25, 0.3) is 0 Å². The topological polar surface area (TPSA) is 47.3 Å². The number of hydrogen-bond acceptors (Lipinski definition) is 3. The molecule has 0 saturated carbocycles. The first-order valence-corrected chi connectivity index (χ1v) is 14.0. The zero-order valence-electron chi connectivity index (χ0n) is 19.4. The standard InChI is InChI=1S/C25H38N2O2Si/c1-7-30(8-2,9-3)29-25-17-23(27-19(5)15-18(4)26-27)22(16-24(28)20(25)6)21-13-11-10-12-14-21/h10-16,20,23-25,28H,7-9,17H2,1-6H3/t20-,23-,24-,25-/m0/s1. The van der Waals surface area contributed by atoms with E-state index in [1.807, 2.05) is 13.0 Å². The highest BCUT2D eigenvalue weighted by atomic mass is 28.4. The van der Waals surface area contributed by atoms with Gasteiger partial charge >= 0.3 is 0 Å². The average molecular weight is 427 g/mol. The van der Waals surface area contributed by atoms with Gasteiger partial charge in [-0.1, -0.05) is 58.0 Å². The third-order valence-electron chi connectivity index (χ3n) is 7.07. The second-order valence-corrected chi connectivity index (χ2v) is 13.6. The largest absolute Gasteiger partial charge is 0.413 e. The van der Waals surface area contributed by atoms with Gasteiger partial charge in [0.2, 0.25) is 0 Å². The highest BCUT2D eigenvalue weighted by molar-refractivity contribution is 6.73. The van der Waals surface area contributed by atoms with Crippen LogP contribution >= 0.6 is 0 Å². The third-order valence-corrected chi connectivity index (χ3v) is 11.7. The van der Waals surface area contributed by atoms with Gasteiger partial charge in [0, 0.05) is 11.6 Å². The van der Waals surface area contributed by atoms with E-state index in [1.54, 1.807) is 0 Å². The summed E-state index contributed by atoms with van der Waals surface area (Å²) in [6.07, 6.45) is 2.36. The Morgan fingerprint density at radius 2 is 1.73 bits per heavy atom. The van der Waals surface area contributed by atoms with Crippen molar-refractivity contribution in [2.75, 3.05) is 0 Å². The van der Waals surface area contributed by atoms with E-state index in [0.29, 0.717) is 0 Å². The summed E-state index contributed by atoms with van der Waals surface area (Å²) < 4.78 is 9.12. The molecule has 0 amide bonds. The molecule has 5 heteroatoms. The molecule has 4 atom stereocenters.